The number of rotatable bonds is 2. The molecule has 16 heavy (non-hydrogen) atoms. The lowest BCUT2D eigenvalue weighted by Gasteiger charge is -2.01. The highest BCUT2D eigenvalue weighted by atomic mass is 16.6. The summed E-state index contributed by atoms with van der Waals surface area (Å²) >= 11 is 0. The summed E-state index contributed by atoms with van der Waals surface area (Å²) in [6, 6.07) is 4.23. The summed E-state index contributed by atoms with van der Waals surface area (Å²) in [5.41, 5.74) is 8.66. The highest BCUT2D eigenvalue weighted by Gasteiger charge is 2.13. The molecule has 78 valence electrons. The van der Waals surface area contributed by atoms with Crippen molar-refractivity contribution in [2.24, 2.45) is 5.11 Å². The van der Waals surface area contributed by atoms with Gasteiger partial charge in [-0.05, 0) is 17.7 Å². The zero-order valence-electron chi connectivity index (χ0n) is 7.94. The number of aromatic nitrogens is 1. The van der Waals surface area contributed by atoms with Crippen LogP contribution in [0, 0.1) is 10.1 Å². The molecule has 0 unspecified atom stereocenters. The Balaban J connectivity index is 2.87. The molecular weight excluding hydrogens is 210 g/mol. The molecule has 0 atom stereocenters. The molecular formula is C9H5N5O2. The Labute approximate surface area is 89.1 Å². The van der Waals surface area contributed by atoms with Gasteiger partial charge in [-0.15, -0.1) is 0 Å². The maximum atomic E-state index is 10.8. The summed E-state index contributed by atoms with van der Waals surface area (Å²) in [4.78, 5) is 16.8. The number of benzene rings is 1. The van der Waals surface area contributed by atoms with Crippen LogP contribution < -0.4 is 0 Å². The second-order valence-corrected chi connectivity index (χ2v) is 2.97. The van der Waals surface area contributed by atoms with E-state index in [1.54, 1.807) is 0 Å². The van der Waals surface area contributed by atoms with Crippen LogP contribution in [0.4, 0.5) is 11.4 Å². The standard InChI is InChI=1S/C9H5N5O2/c10-13-12-8-1-2-9(14(15)16)6-3-4-11-5-7(6)8/h1-5H. The maximum absolute atomic E-state index is 10.8. The van der Waals surface area contributed by atoms with Crippen LogP contribution in [0.15, 0.2) is 35.7 Å². The Morgan fingerprint density at radius 1 is 1.38 bits per heavy atom. The third-order valence-electron chi connectivity index (χ3n) is 2.12. The average Bonchev–Trinajstić information content (AvgIpc) is 2.29. The Morgan fingerprint density at radius 3 is 2.88 bits per heavy atom. The van der Waals surface area contributed by atoms with Gasteiger partial charge in [-0.2, -0.15) is 0 Å². The van der Waals surface area contributed by atoms with Crippen molar-refractivity contribution in [1.29, 1.82) is 0 Å². The predicted molar refractivity (Wildman–Crippen MR) is 57.2 cm³/mol. The van der Waals surface area contributed by atoms with Crippen molar-refractivity contribution in [3.05, 3.63) is 51.1 Å². The minimum Gasteiger partial charge on any atom is -0.264 e. The van der Waals surface area contributed by atoms with Gasteiger partial charge in [0.2, 0.25) is 0 Å². The van der Waals surface area contributed by atoms with E-state index in [2.05, 4.69) is 15.0 Å². The minimum atomic E-state index is -0.484. The summed E-state index contributed by atoms with van der Waals surface area (Å²) in [5, 5.41) is 15.1. The normalized spacial score (nSPS) is 9.75. The van der Waals surface area contributed by atoms with Crippen LogP contribution >= 0.6 is 0 Å². The third kappa shape index (κ3) is 1.51. The number of nitro benzene ring substituents is 1. The summed E-state index contributed by atoms with van der Waals surface area (Å²) in [5.74, 6) is 0. The average molecular weight is 215 g/mol. The maximum Gasteiger partial charge on any atom is 0.277 e. The van der Waals surface area contributed by atoms with Crippen LogP contribution in [-0.4, -0.2) is 9.91 Å². The zero-order chi connectivity index (χ0) is 11.5. The summed E-state index contributed by atoms with van der Waals surface area (Å²) < 4.78 is 0. The quantitative estimate of drug-likeness (QED) is 0.252. The molecule has 0 aliphatic rings. The number of pyridine rings is 1. The molecule has 0 saturated carbocycles. The first-order valence-corrected chi connectivity index (χ1v) is 4.30. The molecule has 1 aromatic carbocycles. The first-order chi connectivity index (χ1) is 7.74. The predicted octanol–water partition coefficient (Wildman–Crippen LogP) is 3.08. The van der Waals surface area contributed by atoms with E-state index in [0.29, 0.717) is 16.5 Å². The van der Waals surface area contributed by atoms with E-state index in [1.807, 2.05) is 0 Å². The molecule has 0 fully saturated rings. The van der Waals surface area contributed by atoms with E-state index >= 15 is 0 Å². The van der Waals surface area contributed by atoms with Gasteiger partial charge in [0.15, 0.2) is 0 Å². The van der Waals surface area contributed by atoms with Crippen molar-refractivity contribution in [2.75, 3.05) is 0 Å². The van der Waals surface area contributed by atoms with Gasteiger partial charge in [-0.1, -0.05) is 5.11 Å². The van der Waals surface area contributed by atoms with E-state index < -0.39 is 4.92 Å². The number of hydrogen-bond donors (Lipinski definition) is 0. The van der Waals surface area contributed by atoms with Gasteiger partial charge in [0.25, 0.3) is 5.69 Å². The second kappa shape index (κ2) is 3.84. The molecule has 0 spiro atoms. The lowest BCUT2D eigenvalue weighted by atomic mass is 10.1. The lowest BCUT2D eigenvalue weighted by molar-refractivity contribution is -0.383. The second-order valence-electron chi connectivity index (χ2n) is 2.97. The molecule has 0 aliphatic carbocycles. The van der Waals surface area contributed by atoms with Crippen molar-refractivity contribution in [1.82, 2.24) is 4.98 Å². The monoisotopic (exact) mass is 215 g/mol. The van der Waals surface area contributed by atoms with Crippen molar-refractivity contribution in [3.8, 4) is 0 Å². The highest BCUT2D eigenvalue weighted by molar-refractivity contribution is 5.97. The first-order valence-electron chi connectivity index (χ1n) is 4.30. The fourth-order valence-electron chi connectivity index (χ4n) is 1.45. The van der Waals surface area contributed by atoms with Crippen molar-refractivity contribution >= 4 is 22.1 Å². The Kier molecular flexibility index (Phi) is 2.37. The SMILES string of the molecule is [N-]=[N+]=Nc1ccc([N+](=O)[O-])c2ccncc12. The highest BCUT2D eigenvalue weighted by Crippen LogP contribution is 2.32. The van der Waals surface area contributed by atoms with Crippen LogP contribution in [0.1, 0.15) is 0 Å². The fourth-order valence-corrected chi connectivity index (χ4v) is 1.45. The number of nitro groups is 1. The zero-order valence-corrected chi connectivity index (χ0v) is 7.94. The van der Waals surface area contributed by atoms with Gasteiger partial charge in [-0.25, -0.2) is 0 Å². The fraction of sp³-hybridized carbons (Fsp3) is 0. The molecule has 7 nitrogen and oxygen atoms in total. The van der Waals surface area contributed by atoms with Crippen molar-refractivity contribution in [3.63, 3.8) is 0 Å². The minimum absolute atomic E-state index is 0.0331. The van der Waals surface area contributed by atoms with Crippen molar-refractivity contribution in [2.45, 2.75) is 0 Å². The summed E-state index contributed by atoms with van der Waals surface area (Å²) in [7, 11) is 0. The van der Waals surface area contributed by atoms with Crippen LogP contribution in [0.3, 0.4) is 0 Å². The van der Waals surface area contributed by atoms with E-state index in [1.165, 1.54) is 30.6 Å². The summed E-state index contributed by atoms with van der Waals surface area (Å²) in [6.45, 7) is 0. The molecule has 0 aliphatic heterocycles. The van der Waals surface area contributed by atoms with Gasteiger partial charge in [0, 0.05) is 34.4 Å². The molecule has 0 N–H and O–H groups in total. The topological polar surface area (TPSA) is 105 Å². The van der Waals surface area contributed by atoms with Gasteiger partial charge in [-0.3, -0.25) is 15.1 Å². The Bertz CT molecular complexity index is 578. The smallest absolute Gasteiger partial charge is 0.264 e. The largest absolute Gasteiger partial charge is 0.277 e. The first kappa shape index (κ1) is 9.88. The Hall–Kier alpha value is -2.66. The number of nitrogens with zero attached hydrogens (tertiary/aromatic N) is 5. The van der Waals surface area contributed by atoms with E-state index in [-0.39, 0.29) is 5.69 Å². The van der Waals surface area contributed by atoms with Gasteiger partial charge >= 0.3 is 0 Å². The molecule has 1 aromatic heterocycles. The molecule has 2 rings (SSSR count). The molecule has 0 saturated heterocycles. The van der Waals surface area contributed by atoms with Crippen LogP contribution in [0.25, 0.3) is 21.2 Å². The molecule has 2 aromatic rings. The lowest BCUT2D eigenvalue weighted by Crippen LogP contribution is -1.89. The van der Waals surface area contributed by atoms with Gasteiger partial charge in [0.05, 0.1) is 10.3 Å². The van der Waals surface area contributed by atoms with Crippen LogP contribution in [0.5, 0.6) is 0 Å². The van der Waals surface area contributed by atoms with Gasteiger partial charge < -0.3 is 0 Å². The molecule has 0 amide bonds. The van der Waals surface area contributed by atoms with Crippen LogP contribution in [0.2, 0.25) is 0 Å². The van der Waals surface area contributed by atoms with Crippen LogP contribution in [-0.2, 0) is 0 Å². The molecule has 0 bridgehead atoms. The number of non-ortho nitro benzene ring substituents is 1. The molecule has 1 heterocycles. The number of fused-ring (bicyclic) bond motifs is 1. The van der Waals surface area contributed by atoms with Crippen molar-refractivity contribution < 1.29 is 4.92 Å². The summed E-state index contributed by atoms with van der Waals surface area (Å²) in [6.07, 6.45) is 2.89. The van der Waals surface area contributed by atoms with E-state index in [9.17, 15) is 10.1 Å². The molecule has 7 heteroatoms. The number of azide groups is 1. The number of hydrogen-bond acceptors (Lipinski definition) is 4. The Morgan fingerprint density at radius 2 is 2.19 bits per heavy atom. The van der Waals surface area contributed by atoms with Gasteiger partial charge in [0.1, 0.15) is 0 Å². The molecule has 0 radical (unpaired) electrons. The third-order valence-corrected chi connectivity index (χ3v) is 2.12. The van der Waals surface area contributed by atoms with E-state index in [0.717, 1.165) is 0 Å². The van der Waals surface area contributed by atoms with E-state index in [4.69, 9.17) is 5.53 Å².